The lowest BCUT2D eigenvalue weighted by Gasteiger charge is -2.34. The van der Waals surface area contributed by atoms with E-state index in [-0.39, 0.29) is 24.0 Å². The highest BCUT2D eigenvalue weighted by molar-refractivity contribution is 5.76. The van der Waals surface area contributed by atoms with E-state index in [1.54, 1.807) is 17.0 Å². The molecule has 9 heteroatoms. The summed E-state index contributed by atoms with van der Waals surface area (Å²) < 4.78 is 14.2. The van der Waals surface area contributed by atoms with Crippen LogP contribution in [0.15, 0.2) is 36.7 Å². The third-order valence-corrected chi connectivity index (χ3v) is 4.17. The van der Waals surface area contributed by atoms with Gasteiger partial charge in [-0.25, -0.2) is 4.39 Å². The van der Waals surface area contributed by atoms with E-state index in [9.17, 15) is 19.3 Å². The van der Waals surface area contributed by atoms with Crippen molar-refractivity contribution in [1.82, 2.24) is 19.6 Å². The Kier molecular flexibility index (Phi) is 5.03. The Labute approximate surface area is 143 Å². The second-order valence-electron chi connectivity index (χ2n) is 5.94. The van der Waals surface area contributed by atoms with Gasteiger partial charge in [0, 0.05) is 32.7 Å². The molecule has 25 heavy (non-hydrogen) atoms. The lowest BCUT2D eigenvalue weighted by molar-refractivity contribution is -0.385. The van der Waals surface area contributed by atoms with Gasteiger partial charge < -0.3 is 4.90 Å². The van der Waals surface area contributed by atoms with E-state index in [1.165, 1.54) is 23.0 Å². The van der Waals surface area contributed by atoms with E-state index in [4.69, 9.17) is 0 Å². The summed E-state index contributed by atoms with van der Waals surface area (Å²) >= 11 is 0. The number of aromatic nitrogens is 2. The Morgan fingerprint density at radius 3 is 2.48 bits per heavy atom. The molecule has 1 saturated heterocycles. The molecule has 0 bridgehead atoms. The van der Waals surface area contributed by atoms with Gasteiger partial charge in [-0.3, -0.25) is 24.5 Å². The van der Waals surface area contributed by atoms with Crippen LogP contribution >= 0.6 is 0 Å². The van der Waals surface area contributed by atoms with Crippen LogP contribution in [0.4, 0.5) is 10.1 Å². The Balaban J connectivity index is 1.48. The third kappa shape index (κ3) is 4.38. The zero-order valence-electron chi connectivity index (χ0n) is 13.5. The van der Waals surface area contributed by atoms with Gasteiger partial charge in [0.25, 0.3) is 0 Å². The van der Waals surface area contributed by atoms with E-state index >= 15 is 0 Å². The number of nitro groups is 1. The van der Waals surface area contributed by atoms with Crippen LogP contribution in [0, 0.1) is 15.9 Å². The van der Waals surface area contributed by atoms with E-state index in [0.29, 0.717) is 19.6 Å². The summed E-state index contributed by atoms with van der Waals surface area (Å²) in [4.78, 5) is 26.3. The molecule has 1 aromatic heterocycles. The molecule has 0 radical (unpaired) electrons. The normalized spacial score (nSPS) is 15.3. The molecule has 0 spiro atoms. The molecular weight excluding hydrogens is 329 g/mol. The van der Waals surface area contributed by atoms with E-state index < -0.39 is 4.92 Å². The summed E-state index contributed by atoms with van der Waals surface area (Å²) in [6.07, 6.45) is 2.39. The molecule has 1 fully saturated rings. The third-order valence-electron chi connectivity index (χ3n) is 4.17. The first kappa shape index (κ1) is 17.0. The van der Waals surface area contributed by atoms with Crippen molar-refractivity contribution < 1.29 is 14.1 Å². The zero-order chi connectivity index (χ0) is 17.8. The van der Waals surface area contributed by atoms with Crippen LogP contribution in [0.1, 0.15) is 5.56 Å². The van der Waals surface area contributed by atoms with Crippen molar-refractivity contribution in [1.29, 1.82) is 0 Å². The Morgan fingerprint density at radius 2 is 1.88 bits per heavy atom. The van der Waals surface area contributed by atoms with Crippen LogP contribution in [-0.2, 0) is 17.9 Å². The van der Waals surface area contributed by atoms with Crippen LogP contribution in [0.25, 0.3) is 0 Å². The van der Waals surface area contributed by atoms with Gasteiger partial charge in [0.2, 0.25) is 5.91 Å². The Morgan fingerprint density at radius 1 is 1.20 bits per heavy atom. The highest BCUT2D eigenvalue weighted by Crippen LogP contribution is 2.11. The van der Waals surface area contributed by atoms with E-state index in [1.807, 2.05) is 0 Å². The molecule has 0 N–H and O–H groups in total. The number of hydrogen-bond acceptors (Lipinski definition) is 5. The molecule has 3 rings (SSSR count). The van der Waals surface area contributed by atoms with E-state index in [2.05, 4.69) is 10.00 Å². The average molecular weight is 347 g/mol. The minimum Gasteiger partial charge on any atom is -0.339 e. The van der Waals surface area contributed by atoms with Crippen molar-refractivity contribution in [2.24, 2.45) is 0 Å². The molecule has 0 aliphatic carbocycles. The number of halogens is 1. The molecule has 2 aromatic rings. The highest BCUT2D eigenvalue weighted by atomic mass is 19.1. The van der Waals surface area contributed by atoms with Gasteiger partial charge in [0.05, 0.1) is 4.92 Å². The maximum Gasteiger partial charge on any atom is 0.307 e. The molecular formula is C16H18FN5O3. The summed E-state index contributed by atoms with van der Waals surface area (Å²) in [6, 6.07) is 6.41. The van der Waals surface area contributed by atoms with Crippen molar-refractivity contribution >= 4 is 11.6 Å². The summed E-state index contributed by atoms with van der Waals surface area (Å²) in [6.45, 7) is 3.33. The molecule has 8 nitrogen and oxygen atoms in total. The Hall–Kier alpha value is -2.81. The number of benzene rings is 1. The number of hydrogen-bond donors (Lipinski definition) is 0. The van der Waals surface area contributed by atoms with Gasteiger partial charge in [0.15, 0.2) is 0 Å². The number of amides is 1. The molecule has 0 saturated carbocycles. The smallest absolute Gasteiger partial charge is 0.307 e. The highest BCUT2D eigenvalue weighted by Gasteiger charge is 2.22. The number of rotatable bonds is 5. The van der Waals surface area contributed by atoms with Gasteiger partial charge in [-0.2, -0.15) is 5.10 Å². The zero-order valence-corrected chi connectivity index (χ0v) is 13.5. The fourth-order valence-corrected chi connectivity index (χ4v) is 2.78. The fraction of sp³-hybridized carbons (Fsp3) is 0.375. The van der Waals surface area contributed by atoms with Crippen LogP contribution in [0.5, 0.6) is 0 Å². The van der Waals surface area contributed by atoms with Crippen molar-refractivity contribution in [2.45, 2.75) is 13.1 Å². The van der Waals surface area contributed by atoms with Crippen molar-refractivity contribution in [3.05, 3.63) is 58.2 Å². The number of piperazine rings is 1. The average Bonchev–Trinajstić information content (AvgIpc) is 3.06. The van der Waals surface area contributed by atoms with Gasteiger partial charge >= 0.3 is 5.69 Å². The van der Waals surface area contributed by atoms with Crippen LogP contribution in [-0.4, -0.2) is 56.6 Å². The quantitative estimate of drug-likeness (QED) is 0.601. The maximum atomic E-state index is 12.9. The van der Waals surface area contributed by atoms with Crippen LogP contribution in [0.3, 0.4) is 0 Å². The number of nitrogens with zero attached hydrogens (tertiary/aromatic N) is 5. The van der Waals surface area contributed by atoms with Crippen molar-refractivity contribution in [3.63, 3.8) is 0 Å². The summed E-state index contributed by atoms with van der Waals surface area (Å²) in [7, 11) is 0. The van der Waals surface area contributed by atoms with Gasteiger partial charge in [-0.05, 0) is 17.7 Å². The monoisotopic (exact) mass is 347 g/mol. The van der Waals surface area contributed by atoms with Gasteiger partial charge in [0.1, 0.15) is 24.8 Å². The minimum atomic E-state index is -0.539. The molecule has 1 aliphatic rings. The lowest BCUT2D eigenvalue weighted by Crippen LogP contribution is -2.49. The molecule has 132 valence electrons. The standard InChI is InChI=1S/C16H18FN5O3/c17-14-3-1-13(2-4-14)10-19-5-7-20(8-6-19)16(23)12-21-11-15(9-18-21)22(24)25/h1-4,9,11H,5-8,10,12H2. The first-order valence-electron chi connectivity index (χ1n) is 7.93. The van der Waals surface area contributed by atoms with E-state index in [0.717, 1.165) is 24.8 Å². The first-order chi connectivity index (χ1) is 12.0. The largest absolute Gasteiger partial charge is 0.339 e. The van der Waals surface area contributed by atoms with Crippen LogP contribution < -0.4 is 0 Å². The van der Waals surface area contributed by atoms with Gasteiger partial charge in [-0.15, -0.1) is 0 Å². The number of carbonyl (C=O) groups is 1. The second-order valence-corrected chi connectivity index (χ2v) is 5.94. The summed E-state index contributed by atoms with van der Waals surface area (Å²) in [5.74, 6) is -0.363. The number of carbonyl (C=O) groups excluding carboxylic acids is 1. The molecule has 0 unspecified atom stereocenters. The SMILES string of the molecule is O=C(Cn1cc([N+](=O)[O-])cn1)N1CCN(Cc2ccc(F)cc2)CC1. The van der Waals surface area contributed by atoms with Crippen LogP contribution in [0.2, 0.25) is 0 Å². The summed E-state index contributed by atoms with van der Waals surface area (Å²) in [5, 5.41) is 14.5. The summed E-state index contributed by atoms with van der Waals surface area (Å²) in [5.41, 5.74) is 0.905. The van der Waals surface area contributed by atoms with Crippen molar-refractivity contribution in [3.8, 4) is 0 Å². The minimum absolute atomic E-state index is 0.00813. The Bertz CT molecular complexity index is 753. The van der Waals surface area contributed by atoms with Gasteiger partial charge in [-0.1, -0.05) is 12.1 Å². The fourth-order valence-electron chi connectivity index (χ4n) is 2.78. The molecule has 1 amide bonds. The molecule has 2 heterocycles. The molecule has 1 aliphatic heterocycles. The first-order valence-corrected chi connectivity index (χ1v) is 7.93. The molecule has 1 aromatic carbocycles. The predicted octanol–water partition coefficient (Wildman–Crippen LogP) is 1.27. The molecule has 0 atom stereocenters. The lowest BCUT2D eigenvalue weighted by atomic mass is 10.2. The maximum absolute atomic E-state index is 12.9. The van der Waals surface area contributed by atoms with Crippen molar-refractivity contribution in [2.75, 3.05) is 26.2 Å². The topological polar surface area (TPSA) is 84.5 Å². The predicted molar refractivity (Wildman–Crippen MR) is 87.1 cm³/mol. The second kappa shape index (κ2) is 7.39.